The average Bonchev–Trinajstić information content (AvgIpc) is 2.79. The van der Waals surface area contributed by atoms with Crippen LogP contribution in [-0.4, -0.2) is 117 Å². The van der Waals surface area contributed by atoms with Gasteiger partial charge in [0.05, 0.1) is 19.8 Å². The molecule has 1 aromatic carbocycles. The first kappa shape index (κ1) is 24.4. The van der Waals surface area contributed by atoms with Crippen LogP contribution in [0.2, 0.25) is 0 Å². The molecule has 2 aliphatic rings. The topological polar surface area (TPSA) is 179 Å². The second kappa shape index (κ2) is 11.1. The highest BCUT2D eigenvalue weighted by atomic mass is 16.8. The van der Waals surface area contributed by atoms with Crippen molar-refractivity contribution >= 4 is 0 Å². The van der Waals surface area contributed by atoms with Crippen LogP contribution in [0.25, 0.3) is 0 Å². The molecule has 3 rings (SSSR count). The van der Waals surface area contributed by atoms with E-state index in [1.54, 1.807) is 0 Å². The highest BCUT2D eigenvalue weighted by Gasteiger charge is 2.50. The normalized spacial score (nSPS) is 41.3. The number of benzene rings is 1. The SMILES string of the molecule is OCC1OC(OC2C(OCCc3ccccc3)OC(CO)C(O)C2O)C(O)C(O)C1O. The zero-order chi connectivity index (χ0) is 22.5. The van der Waals surface area contributed by atoms with Crippen molar-refractivity contribution in [2.75, 3.05) is 19.8 Å². The maximum absolute atomic E-state index is 10.5. The molecule has 2 fully saturated rings. The van der Waals surface area contributed by atoms with Gasteiger partial charge in [-0.1, -0.05) is 30.3 Å². The summed E-state index contributed by atoms with van der Waals surface area (Å²) >= 11 is 0. The molecule has 1 aromatic rings. The molecule has 0 radical (unpaired) electrons. The van der Waals surface area contributed by atoms with E-state index in [1.165, 1.54) is 0 Å². The standard InChI is InChI=1S/C20H30O11/c21-8-11-13(23)15(25)17(27)19(29-11)31-18-16(26)14(24)12(9-22)30-20(18)28-7-6-10-4-2-1-3-5-10/h1-5,11-27H,6-9H2. The molecule has 0 amide bonds. The van der Waals surface area contributed by atoms with Gasteiger partial charge in [-0.15, -0.1) is 0 Å². The Morgan fingerprint density at radius 2 is 1.29 bits per heavy atom. The monoisotopic (exact) mass is 446 g/mol. The largest absolute Gasteiger partial charge is 0.394 e. The molecule has 10 atom stereocenters. The van der Waals surface area contributed by atoms with Crippen LogP contribution in [0.5, 0.6) is 0 Å². The fourth-order valence-electron chi connectivity index (χ4n) is 3.61. The molecule has 11 heteroatoms. The molecule has 0 saturated carbocycles. The minimum atomic E-state index is -1.71. The number of ether oxygens (including phenoxy) is 4. The van der Waals surface area contributed by atoms with Gasteiger partial charge >= 0.3 is 0 Å². The third-order valence-electron chi connectivity index (χ3n) is 5.48. The van der Waals surface area contributed by atoms with Crippen molar-refractivity contribution in [3.63, 3.8) is 0 Å². The summed E-state index contributed by atoms with van der Waals surface area (Å²) in [5, 5.41) is 69.6. The molecule has 10 unspecified atom stereocenters. The number of hydrogen-bond acceptors (Lipinski definition) is 11. The summed E-state index contributed by atoms with van der Waals surface area (Å²) in [5.41, 5.74) is 0.990. The van der Waals surface area contributed by atoms with E-state index in [4.69, 9.17) is 18.9 Å². The minimum absolute atomic E-state index is 0.157. The van der Waals surface area contributed by atoms with Crippen LogP contribution < -0.4 is 0 Å². The maximum Gasteiger partial charge on any atom is 0.187 e. The molecule has 2 heterocycles. The van der Waals surface area contributed by atoms with Crippen LogP contribution in [0.15, 0.2) is 30.3 Å². The molecule has 7 N–H and O–H groups in total. The fourth-order valence-corrected chi connectivity index (χ4v) is 3.61. The highest BCUT2D eigenvalue weighted by Crippen LogP contribution is 2.29. The van der Waals surface area contributed by atoms with Crippen molar-refractivity contribution in [2.24, 2.45) is 0 Å². The molecular weight excluding hydrogens is 416 g/mol. The van der Waals surface area contributed by atoms with Crippen LogP contribution in [0, 0.1) is 0 Å². The number of hydrogen-bond donors (Lipinski definition) is 7. The van der Waals surface area contributed by atoms with Gasteiger partial charge in [0.15, 0.2) is 12.6 Å². The van der Waals surface area contributed by atoms with Gasteiger partial charge in [-0.05, 0) is 12.0 Å². The second-order valence-electron chi connectivity index (χ2n) is 7.61. The van der Waals surface area contributed by atoms with Crippen LogP contribution in [-0.2, 0) is 25.4 Å². The van der Waals surface area contributed by atoms with Crippen molar-refractivity contribution < 1.29 is 54.7 Å². The van der Waals surface area contributed by atoms with Crippen molar-refractivity contribution in [1.29, 1.82) is 0 Å². The van der Waals surface area contributed by atoms with Gasteiger partial charge < -0.3 is 54.7 Å². The first-order valence-electron chi connectivity index (χ1n) is 10.1. The van der Waals surface area contributed by atoms with E-state index in [9.17, 15) is 35.7 Å². The van der Waals surface area contributed by atoms with Crippen LogP contribution in [0.4, 0.5) is 0 Å². The predicted molar refractivity (Wildman–Crippen MR) is 102 cm³/mol. The smallest absolute Gasteiger partial charge is 0.187 e. The van der Waals surface area contributed by atoms with Crippen molar-refractivity contribution in [2.45, 2.75) is 67.8 Å². The summed E-state index contributed by atoms with van der Waals surface area (Å²) in [5.74, 6) is 0. The van der Waals surface area contributed by atoms with E-state index in [0.717, 1.165) is 5.56 Å². The molecule has 31 heavy (non-hydrogen) atoms. The summed E-state index contributed by atoms with van der Waals surface area (Å²) < 4.78 is 22.1. The second-order valence-corrected chi connectivity index (χ2v) is 7.61. The zero-order valence-electron chi connectivity index (χ0n) is 16.8. The lowest BCUT2D eigenvalue weighted by atomic mass is 9.97. The van der Waals surface area contributed by atoms with Gasteiger partial charge in [0, 0.05) is 0 Å². The third kappa shape index (κ3) is 5.59. The Hall–Kier alpha value is -1.22. The molecule has 176 valence electrons. The van der Waals surface area contributed by atoms with Crippen molar-refractivity contribution in [3.05, 3.63) is 35.9 Å². The molecule has 0 bridgehead atoms. The Labute approximate surface area is 179 Å². The predicted octanol–water partition coefficient (Wildman–Crippen LogP) is -3.13. The van der Waals surface area contributed by atoms with Crippen LogP contribution >= 0.6 is 0 Å². The van der Waals surface area contributed by atoms with E-state index in [0.29, 0.717) is 6.42 Å². The van der Waals surface area contributed by atoms with Gasteiger partial charge in [0.1, 0.15) is 48.8 Å². The van der Waals surface area contributed by atoms with Crippen molar-refractivity contribution in [1.82, 2.24) is 0 Å². The van der Waals surface area contributed by atoms with Crippen LogP contribution in [0.3, 0.4) is 0 Å². The number of rotatable bonds is 8. The first-order valence-corrected chi connectivity index (χ1v) is 10.1. The first-order chi connectivity index (χ1) is 14.9. The zero-order valence-corrected chi connectivity index (χ0v) is 16.8. The quantitative estimate of drug-likeness (QED) is 0.215. The van der Waals surface area contributed by atoms with E-state index in [1.807, 2.05) is 30.3 Å². The molecule has 0 aromatic heterocycles. The molecular formula is C20H30O11. The van der Waals surface area contributed by atoms with E-state index in [-0.39, 0.29) is 6.61 Å². The van der Waals surface area contributed by atoms with Gasteiger partial charge in [0.2, 0.25) is 0 Å². The summed E-state index contributed by atoms with van der Waals surface area (Å²) in [6.45, 7) is -1.07. The third-order valence-corrected chi connectivity index (χ3v) is 5.48. The molecule has 2 aliphatic heterocycles. The van der Waals surface area contributed by atoms with Gasteiger partial charge in [-0.3, -0.25) is 0 Å². The molecule has 0 aliphatic carbocycles. The van der Waals surface area contributed by atoms with Gasteiger partial charge in [-0.25, -0.2) is 0 Å². The number of aliphatic hydroxyl groups is 7. The molecule has 0 spiro atoms. The van der Waals surface area contributed by atoms with E-state index in [2.05, 4.69) is 0 Å². The Balaban J connectivity index is 1.70. The van der Waals surface area contributed by atoms with E-state index < -0.39 is 74.6 Å². The Morgan fingerprint density at radius 3 is 1.90 bits per heavy atom. The van der Waals surface area contributed by atoms with Gasteiger partial charge in [-0.2, -0.15) is 0 Å². The summed E-state index contributed by atoms with van der Waals surface area (Å²) in [7, 11) is 0. The lowest BCUT2D eigenvalue weighted by Crippen LogP contribution is -2.64. The minimum Gasteiger partial charge on any atom is -0.394 e. The summed E-state index contributed by atoms with van der Waals surface area (Å²) in [4.78, 5) is 0. The Kier molecular flexibility index (Phi) is 8.73. The summed E-state index contributed by atoms with van der Waals surface area (Å²) in [6.07, 6.45) is -14.1. The Morgan fingerprint density at radius 1 is 0.710 bits per heavy atom. The van der Waals surface area contributed by atoms with Gasteiger partial charge in [0.25, 0.3) is 0 Å². The lowest BCUT2D eigenvalue weighted by molar-refractivity contribution is -0.367. The molecule has 11 nitrogen and oxygen atoms in total. The molecule has 2 saturated heterocycles. The maximum atomic E-state index is 10.5. The highest BCUT2D eigenvalue weighted by molar-refractivity contribution is 5.14. The van der Waals surface area contributed by atoms with E-state index >= 15 is 0 Å². The average molecular weight is 446 g/mol. The Bertz CT molecular complexity index is 660. The lowest BCUT2D eigenvalue weighted by Gasteiger charge is -2.45. The van der Waals surface area contributed by atoms with Crippen molar-refractivity contribution in [3.8, 4) is 0 Å². The number of aliphatic hydroxyl groups excluding tert-OH is 7. The van der Waals surface area contributed by atoms with Crippen LogP contribution in [0.1, 0.15) is 5.56 Å². The fraction of sp³-hybridized carbons (Fsp3) is 0.700. The summed E-state index contributed by atoms with van der Waals surface area (Å²) in [6, 6.07) is 9.44.